The fourth-order valence-corrected chi connectivity index (χ4v) is 1.75. The molecule has 0 atom stereocenters. The number of benzene rings is 1. The smallest absolute Gasteiger partial charge is 0.243 e. The number of H-pyrrole nitrogens is 1. The van der Waals surface area contributed by atoms with E-state index in [9.17, 15) is 0 Å². The Bertz CT molecular complexity index is 455. The van der Waals surface area contributed by atoms with Crippen LogP contribution in [-0.2, 0) is 7.05 Å². The molecule has 0 bridgehead atoms. The van der Waals surface area contributed by atoms with Crippen molar-refractivity contribution in [2.45, 2.75) is 13.8 Å². The van der Waals surface area contributed by atoms with Gasteiger partial charge in [-0.05, 0) is 25.5 Å². The molecule has 72 valence electrons. The van der Waals surface area contributed by atoms with Crippen LogP contribution in [0, 0.1) is 13.8 Å². The highest BCUT2D eigenvalue weighted by molar-refractivity contribution is 5.58. The van der Waals surface area contributed by atoms with Gasteiger partial charge in [-0.1, -0.05) is 17.7 Å². The summed E-state index contributed by atoms with van der Waals surface area (Å²) in [5, 5.41) is 0. The first-order valence-electron chi connectivity index (χ1n) is 4.79. The summed E-state index contributed by atoms with van der Waals surface area (Å²) in [6.45, 7) is 4.26. The van der Waals surface area contributed by atoms with Gasteiger partial charge < -0.3 is 0 Å². The van der Waals surface area contributed by atoms with E-state index in [-0.39, 0.29) is 0 Å². The van der Waals surface area contributed by atoms with Crippen molar-refractivity contribution in [2.75, 3.05) is 0 Å². The first-order valence-corrected chi connectivity index (χ1v) is 4.79. The molecule has 2 heteroatoms. The zero-order chi connectivity index (χ0) is 10.1. The number of hydrogen-bond acceptors (Lipinski definition) is 0. The molecular formula is C12H15N2+. The van der Waals surface area contributed by atoms with E-state index in [1.807, 2.05) is 19.4 Å². The average Bonchev–Trinajstić information content (AvgIpc) is 2.52. The van der Waals surface area contributed by atoms with E-state index in [4.69, 9.17) is 0 Å². The predicted molar refractivity (Wildman–Crippen MR) is 56.9 cm³/mol. The normalized spacial score (nSPS) is 10.5. The van der Waals surface area contributed by atoms with Gasteiger partial charge in [-0.2, -0.15) is 0 Å². The van der Waals surface area contributed by atoms with E-state index in [0.29, 0.717) is 0 Å². The molecule has 0 aliphatic carbocycles. The van der Waals surface area contributed by atoms with Gasteiger partial charge in [0.1, 0.15) is 12.4 Å². The van der Waals surface area contributed by atoms with Crippen molar-refractivity contribution < 1.29 is 4.57 Å². The molecule has 1 heterocycles. The third-order valence-electron chi connectivity index (χ3n) is 2.51. The van der Waals surface area contributed by atoms with E-state index < -0.39 is 0 Å². The minimum atomic E-state index is 1.16. The predicted octanol–water partition coefficient (Wildman–Crippen LogP) is 2.12. The maximum atomic E-state index is 3.24. The van der Waals surface area contributed by atoms with Crippen LogP contribution in [0.5, 0.6) is 0 Å². The van der Waals surface area contributed by atoms with Crippen LogP contribution in [0.4, 0.5) is 0 Å². The Morgan fingerprint density at radius 1 is 1.21 bits per heavy atom. The van der Waals surface area contributed by atoms with Crippen molar-refractivity contribution in [3.8, 4) is 11.4 Å². The molecule has 2 aromatic rings. The van der Waals surface area contributed by atoms with Gasteiger partial charge in [-0.25, -0.2) is 9.55 Å². The minimum absolute atomic E-state index is 1.16. The minimum Gasteiger partial charge on any atom is -0.243 e. The van der Waals surface area contributed by atoms with E-state index in [2.05, 4.69) is 41.6 Å². The molecular weight excluding hydrogens is 172 g/mol. The zero-order valence-electron chi connectivity index (χ0n) is 8.83. The largest absolute Gasteiger partial charge is 0.286 e. The Balaban J connectivity index is 2.58. The van der Waals surface area contributed by atoms with Gasteiger partial charge in [0, 0.05) is 0 Å². The molecule has 0 aliphatic rings. The molecule has 1 aromatic carbocycles. The monoisotopic (exact) mass is 187 g/mol. The molecule has 14 heavy (non-hydrogen) atoms. The molecule has 1 N–H and O–H groups in total. The highest BCUT2D eigenvalue weighted by Crippen LogP contribution is 2.19. The van der Waals surface area contributed by atoms with Crippen LogP contribution in [0.1, 0.15) is 11.1 Å². The fraction of sp³-hybridized carbons (Fsp3) is 0.250. The zero-order valence-corrected chi connectivity index (χ0v) is 8.83. The van der Waals surface area contributed by atoms with Crippen molar-refractivity contribution in [3.05, 3.63) is 41.7 Å². The lowest BCUT2D eigenvalue weighted by Crippen LogP contribution is -2.27. The van der Waals surface area contributed by atoms with E-state index in [0.717, 1.165) is 5.82 Å². The Labute approximate surface area is 84.2 Å². The first kappa shape index (κ1) is 9.00. The SMILES string of the molecule is Cc1ccc(-c2[nH]cc[n+]2C)c(C)c1. The maximum absolute atomic E-state index is 3.24. The first-order chi connectivity index (χ1) is 6.68. The molecule has 2 rings (SSSR count). The molecule has 2 nitrogen and oxygen atoms in total. The molecule has 0 spiro atoms. The number of nitrogens with zero attached hydrogens (tertiary/aromatic N) is 1. The second-order valence-corrected chi connectivity index (χ2v) is 3.74. The highest BCUT2D eigenvalue weighted by atomic mass is 15.0. The summed E-state index contributed by atoms with van der Waals surface area (Å²) in [7, 11) is 2.05. The van der Waals surface area contributed by atoms with Gasteiger partial charge in [-0.3, -0.25) is 0 Å². The van der Waals surface area contributed by atoms with Crippen LogP contribution >= 0.6 is 0 Å². The summed E-state index contributed by atoms with van der Waals surface area (Å²) < 4.78 is 2.09. The summed E-state index contributed by atoms with van der Waals surface area (Å²) in [6.07, 6.45) is 3.98. The van der Waals surface area contributed by atoms with Gasteiger partial charge in [0.15, 0.2) is 0 Å². The molecule has 0 unspecified atom stereocenters. The van der Waals surface area contributed by atoms with Crippen molar-refractivity contribution in [2.24, 2.45) is 7.05 Å². The van der Waals surface area contributed by atoms with Gasteiger partial charge >= 0.3 is 0 Å². The van der Waals surface area contributed by atoms with Crippen LogP contribution in [0.25, 0.3) is 11.4 Å². The van der Waals surface area contributed by atoms with Crippen molar-refractivity contribution >= 4 is 0 Å². The van der Waals surface area contributed by atoms with Gasteiger partial charge in [-0.15, -0.1) is 0 Å². The Kier molecular flexibility index (Phi) is 2.12. The molecule has 0 aliphatic heterocycles. The summed E-state index contributed by atoms with van der Waals surface area (Å²) in [5.74, 6) is 1.16. The van der Waals surface area contributed by atoms with Gasteiger partial charge in [0.25, 0.3) is 5.82 Å². The number of aromatic amines is 1. The summed E-state index contributed by atoms with van der Waals surface area (Å²) in [6, 6.07) is 6.51. The Morgan fingerprint density at radius 2 is 2.00 bits per heavy atom. The van der Waals surface area contributed by atoms with Crippen molar-refractivity contribution in [1.29, 1.82) is 0 Å². The molecule has 1 aromatic heterocycles. The maximum Gasteiger partial charge on any atom is 0.286 e. The third-order valence-corrected chi connectivity index (χ3v) is 2.51. The summed E-state index contributed by atoms with van der Waals surface area (Å²) >= 11 is 0. The quantitative estimate of drug-likeness (QED) is 0.660. The number of aryl methyl sites for hydroxylation is 3. The van der Waals surface area contributed by atoms with Crippen LogP contribution < -0.4 is 4.57 Å². The van der Waals surface area contributed by atoms with Crippen LogP contribution in [-0.4, -0.2) is 4.98 Å². The molecule has 0 fully saturated rings. The number of nitrogens with one attached hydrogen (secondary N) is 1. The number of rotatable bonds is 1. The van der Waals surface area contributed by atoms with E-state index in [1.54, 1.807) is 0 Å². The average molecular weight is 187 g/mol. The molecule has 0 amide bonds. The number of aromatic nitrogens is 2. The standard InChI is InChI=1S/C12H14N2/c1-9-4-5-11(10(2)8-9)12-13-6-7-14(12)3/h4-8H,1-3H3/p+1. The third kappa shape index (κ3) is 1.43. The molecule has 0 saturated heterocycles. The van der Waals surface area contributed by atoms with E-state index in [1.165, 1.54) is 16.7 Å². The van der Waals surface area contributed by atoms with Crippen LogP contribution in [0.2, 0.25) is 0 Å². The lowest BCUT2D eigenvalue weighted by molar-refractivity contribution is -0.658. The lowest BCUT2D eigenvalue weighted by atomic mass is 10.1. The van der Waals surface area contributed by atoms with Crippen molar-refractivity contribution in [1.82, 2.24) is 4.98 Å². The highest BCUT2D eigenvalue weighted by Gasteiger charge is 2.11. The van der Waals surface area contributed by atoms with Crippen molar-refractivity contribution in [3.63, 3.8) is 0 Å². The molecule has 0 saturated carbocycles. The molecule has 0 radical (unpaired) electrons. The Morgan fingerprint density at radius 3 is 2.57 bits per heavy atom. The van der Waals surface area contributed by atoms with E-state index >= 15 is 0 Å². The van der Waals surface area contributed by atoms with Gasteiger partial charge in [0.05, 0.1) is 12.6 Å². The summed E-state index contributed by atoms with van der Waals surface area (Å²) in [4.78, 5) is 3.24. The second-order valence-electron chi connectivity index (χ2n) is 3.74. The van der Waals surface area contributed by atoms with Crippen LogP contribution in [0.3, 0.4) is 0 Å². The summed E-state index contributed by atoms with van der Waals surface area (Å²) in [5.41, 5.74) is 3.88. The van der Waals surface area contributed by atoms with Gasteiger partial charge in [0.2, 0.25) is 0 Å². The Hall–Kier alpha value is -1.57. The lowest BCUT2D eigenvalue weighted by Gasteiger charge is -2.01. The topological polar surface area (TPSA) is 19.7 Å². The second kappa shape index (κ2) is 3.29. The van der Waals surface area contributed by atoms with Crippen LogP contribution in [0.15, 0.2) is 30.6 Å². The fourth-order valence-electron chi connectivity index (χ4n) is 1.75. The number of imidazole rings is 1. The number of hydrogen-bond donors (Lipinski definition) is 1.